The maximum absolute atomic E-state index is 12.3. The molecule has 0 aliphatic carbocycles. The molecular formula is C15H14BrClN2O. The largest absolute Gasteiger partial charge is 0.322 e. The van der Waals surface area contributed by atoms with Crippen LogP contribution in [0.1, 0.15) is 15.9 Å². The summed E-state index contributed by atoms with van der Waals surface area (Å²) in [5, 5.41) is 6.52. The van der Waals surface area contributed by atoms with Crippen LogP contribution in [0.5, 0.6) is 0 Å². The van der Waals surface area contributed by atoms with Gasteiger partial charge in [0.2, 0.25) is 0 Å². The highest BCUT2D eigenvalue weighted by Gasteiger charge is 2.12. The number of carbonyl (C=O) groups excluding carboxylic acids is 1. The van der Waals surface area contributed by atoms with E-state index in [0.717, 1.165) is 11.3 Å². The summed E-state index contributed by atoms with van der Waals surface area (Å²) in [6, 6.07) is 12.8. The molecule has 0 unspecified atom stereocenters. The van der Waals surface area contributed by atoms with Gasteiger partial charge in [-0.05, 0) is 52.8 Å². The van der Waals surface area contributed by atoms with Crippen LogP contribution >= 0.6 is 27.5 Å². The zero-order chi connectivity index (χ0) is 14.5. The zero-order valence-electron chi connectivity index (χ0n) is 10.9. The predicted octanol–water partition coefficient (Wildman–Crippen LogP) is 4.07. The third-order valence-corrected chi connectivity index (χ3v) is 3.73. The summed E-state index contributed by atoms with van der Waals surface area (Å²) in [7, 11) is 1.87. The number of halogens is 2. The Hall–Kier alpha value is -1.36. The van der Waals surface area contributed by atoms with Crippen molar-refractivity contribution in [3.05, 3.63) is 63.1 Å². The van der Waals surface area contributed by atoms with Crippen molar-refractivity contribution < 1.29 is 4.79 Å². The lowest BCUT2D eigenvalue weighted by molar-refractivity contribution is 0.102. The van der Waals surface area contributed by atoms with Crippen molar-refractivity contribution >= 4 is 39.1 Å². The first kappa shape index (κ1) is 15.0. The molecule has 2 aromatic carbocycles. The monoisotopic (exact) mass is 352 g/mol. The molecule has 1 amide bonds. The summed E-state index contributed by atoms with van der Waals surface area (Å²) < 4.78 is 0.713. The van der Waals surface area contributed by atoms with E-state index in [-0.39, 0.29) is 5.91 Å². The molecule has 0 radical (unpaired) electrons. The minimum Gasteiger partial charge on any atom is -0.322 e. The fourth-order valence-corrected chi connectivity index (χ4v) is 2.45. The SMILES string of the molecule is CNCc1ccccc1NC(=O)c1cc(Cl)ccc1Br. The standard InChI is InChI=1S/C15H14BrClN2O/c1-18-9-10-4-2-3-5-14(10)19-15(20)12-8-11(17)6-7-13(12)16/h2-8,18H,9H2,1H3,(H,19,20). The highest BCUT2D eigenvalue weighted by Crippen LogP contribution is 2.23. The molecule has 0 heterocycles. The summed E-state index contributed by atoms with van der Waals surface area (Å²) in [6.07, 6.45) is 0. The van der Waals surface area contributed by atoms with Crippen molar-refractivity contribution in [3.63, 3.8) is 0 Å². The first-order chi connectivity index (χ1) is 9.61. The topological polar surface area (TPSA) is 41.1 Å². The fourth-order valence-electron chi connectivity index (χ4n) is 1.85. The molecule has 3 nitrogen and oxygen atoms in total. The summed E-state index contributed by atoms with van der Waals surface area (Å²) in [4.78, 5) is 12.3. The van der Waals surface area contributed by atoms with Gasteiger partial charge in [-0.15, -0.1) is 0 Å². The lowest BCUT2D eigenvalue weighted by Gasteiger charge is -2.11. The maximum atomic E-state index is 12.3. The number of carbonyl (C=O) groups is 1. The van der Waals surface area contributed by atoms with E-state index in [0.29, 0.717) is 21.6 Å². The van der Waals surface area contributed by atoms with Gasteiger partial charge in [0.1, 0.15) is 0 Å². The third-order valence-electron chi connectivity index (χ3n) is 2.81. The van der Waals surface area contributed by atoms with Gasteiger partial charge in [0.05, 0.1) is 5.56 Å². The van der Waals surface area contributed by atoms with E-state index in [4.69, 9.17) is 11.6 Å². The van der Waals surface area contributed by atoms with E-state index in [9.17, 15) is 4.79 Å². The number of benzene rings is 2. The van der Waals surface area contributed by atoms with Crippen LogP contribution in [0, 0.1) is 0 Å². The number of hydrogen-bond acceptors (Lipinski definition) is 2. The van der Waals surface area contributed by atoms with Gasteiger partial charge < -0.3 is 10.6 Å². The molecule has 5 heteroatoms. The minimum atomic E-state index is -0.192. The molecule has 2 aromatic rings. The van der Waals surface area contributed by atoms with Crippen LogP contribution in [-0.2, 0) is 6.54 Å². The highest BCUT2D eigenvalue weighted by molar-refractivity contribution is 9.10. The van der Waals surface area contributed by atoms with Gasteiger partial charge in [-0.3, -0.25) is 4.79 Å². The first-order valence-corrected chi connectivity index (χ1v) is 7.28. The molecule has 0 fully saturated rings. The zero-order valence-corrected chi connectivity index (χ0v) is 13.3. The molecule has 2 N–H and O–H groups in total. The summed E-state index contributed by atoms with van der Waals surface area (Å²) in [5.74, 6) is -0.192. The summed E-state index contributed by atoms with van der Waals surface area (Å²) >= 11 is 9.30. The Morgan fingerprint density at radius 2 is 2.00 bits per heavy atom. The summed E-state index contributed by atoms with van der Waals surface area (Å²) in [6.45, 7) is 0.688. The molecule has 0 spiro atoms. The van der Waals surface area contributed by atoms with Gasteiger partial charge in [0.15, 0.2) is 0 Å². The maximum Gasteiger partial charge on any atom is 0.256 e. The molecule has 0 atom stereocenters. The van der Waals surface area contributed by atoms with Crippen molar-refractivity contribution in [1.29, 1.82) is 0 Å². The van der Waals surface area contributed by atoms with Gasteiger partial charge in [0, 0.05) is 21.7 Å². The Balaban J connectivity index is 2.26. The molecule has 0 aromatic heterocycles. The Morgan fingerprint density at radius 3 is 2.75 bits per heavy atom. The van der Waals surface area contributed by atoms with Gasteiger partial charge in [-0.1, -0.05) is 29.8 Å². The van der Waals surface area contributed by atoms with Crippen LogP contribution < -0.4 is 10.6 Å². The Morgan fingerprint density at radius 1 is 1.25 bits per heavy atom. The Bertz CT molecular complexity index is 631. The van der Waals surface area contributed by atoms with E-state index in [1.165, 1.54) is 0 Å². The predicted molar refractivity (Wildman–Crippen MR) is 86.3 cm³/mol. The van der Waals surface area contributed by atoms with Crippen LogP contribution in [0.3, 0.4) is 0 Å². The van der Waals surface area contributed by atoms with Crippen molar-refractivity contribution in [2.45, 2.75) is 6.54 Å². The van der Waals surface area contributed by atoms with Crippen LogP contribution in [0.25, 0.3) is 0 Å². The quantitative estimate of drug-likeness (QED) is 0.870. The van der Waals surface area contributed by atoms with Crippen LogP contribution in [0.15, 0.2) is 46.9 Å². The second-order valence-corrected chi connectivity index (χ2v) is 5.56. The molecular weight excluding hydrogens is 340 g/mol. The van der Waals surface area contributed by atoms with Gasteiger partial charge in [0.25, 0.3) is 5.91 Å². The van der Waals surface area contributed by atoms with Gasteiger partial charge in [-0.25, -0.2) is 0 Å². The second kappa shape index (κ2) is 6.88. The molecule has 0 aliphatic rings. The fraction of sp³-hybridized carbons (Fsp3) is 0.133. The number of hydrogen-bond donors (Lipinski definition) is 2. The normalized spacial score (nSPS) is 10.3. The van der Waals surface area contributed by atoms with E-state index in [2.05, 4.69) is 26.6 Å². The van der Waals surface area contributed by atoms with E-state index in [1.54, 1.807) is 18.2 Å². The Labute approximate surface area is 131 Å². The smallest absolute Gasteiger partial charge is 0.256 e. The first-order valence-electron chi connectivity index (χ1n) is 6.10. The molecule has 104 valence electrons. The van der Waals surface area contributed by atoms with Crippen molar-refractivity contribution in [2.75, 3.05) is 12.4 Å². The van der Waals surface area contributed by atoms with E-state index < -0.39 is 0 Å². The average molecular weight is 354 g/mol. The number of anilines is 1. The van der Waals surface area contributed by atoms with Gasteiger partial charge >= 0.3 is 0 Å². The molecule has 0 aliphatic heterocycles. The summed E-state index contributed by atoms with van der Waals surface area (Å²) in [5.41, 5.74) is 2.33. The third kappa shape index (κ3) is 3.60. The number of para-hydroxylation sites is 1. The Kier molecular flexibility index (Phi) is 5.17. The van der Waals surface area contributed by atoms with Crippen molar-refractivity contribution in [2.24, 2.45) is 0 Å². The van der Waals surface area contributed by atoms with Gasteiger partial charge in [-0.2, -0.15) is 0 Å². The van der Waals surface area contributed by atoms with Crippen LogP contribution in [0.2, 0.25) is 5.02 Å². The molecule has 2 rings (SSSR count). The molecule has 0 saturated carbocycles. The second-order valence-electron chi connectivity index (χ2n) is 4.27. The lowest BCUT2D eigenvalue weighted by atomic mass is 10.1. The van der Waals surface area contributed by atoms with Crippen molar-refractivity contribution in [1.82, 2.24) is 5.32 Å². The minimum absolute atomic E-state index is 0.192. The lowest BCUT2D eigenvalue weighted by Crippen LogP contribution is -2.15. The van der Waals surface area contributed by atoms with E-state index >= 15 is 0 Å². The molecule has 0 bridgehead atoms. The average Bonchev–Trinajstić information content (AvgIpc) is 2.44. The van der Waals surface area contributed by atoms with Crippen molar-refractivity contribution in [3.8, 4) is 0 Å². The molecule has 20 heavy (non-hydrogen) atoms. The molecule has 0 saturated heterocycles. The van der Waals surface area contributed by atoms with E-state index in [1.807, 2.05) is 31.3 Å². The van der Waals surface area contributed by atoms with Crippen LogP contribution in [0.4, 0.5) is 5.69 Å². The number of nitrogens with one attached hydrogen (secondary N) is 2. The highest BCUT2D eigenvalue weighted by atomic mass is 79.9. The number of rotatable bonds is 4. The number of amides is 1. The van der Waals surface area contributed by atoms with Crippen LogP contribution in [-0.4, -0.2) is 13.0 Å².